The van der Waals surface area contributed by atoms with Crippen LogP contribution in [0.2, 0.25) is 0 Å². The molecule has 7 atom stereocenters. The maximum Gasteiger partial charge on any atom is 0.392 e. The van der Waals surface area contributed by atoms with Crippen LogP contribution in [-0.4, -0.2) is 74.8 Å². The fraction of sp³-hybridized carbons (Fsp3) is 0.750. The fourth-order valence-corrected chi connectivity index (χ4v) is 6.98. The van der Waals surface area contributed by atoms with Crippen LogP contribution in [0.4, 0.5) is 26.7 Å². The maximum atomic E-state index is 15.1. The first-order valence-corrected chi connectivity index (χ1v) is 12.5. The van der Waals surface area contributed by atoms with Crippen LogP contribution in [0.15, 0.2) is 12.4 Å². The predicted octanol–water partition coefficient (Wildman–Crippen LogP) is 3.95. The summed E-state index contributed by atoms with van der Waals surface area (Å²) in [5, 5.41) is 2.67. The minimum absolute atomic E-state index is 0.0488. The molecule has 3 aliphatic heterocycles. The summed E-state index contributed by atoms with van der Waals surface area (Å²) in [6.45, 7) is 3.17. The van der Waals surface area contributed by atoms with E-state index < -0.39 is 54.0 Å². The number of amides is 3. The number of urea groups is 1. The highest BCUT2D eigenvalue weighted by Crippen LogP contribution is 2.51. The summed E-state index contributed by atoms with van der Waals surface area (Å²) in [6, 6.07) is -1.73. The molecule has 6 rings (SSSR count). The van der Waals surface area contributed by atoms with Crippen molar-refractivity contribution in [1.29, 1.82) is 0 Å². The summed E-state index contributed by atoms with van der Waals surface area (Å²) in [5.74, 6) is -3.93. The summed E-state index contributed by atoms with van der Waals surface area (Å²) >= 11 is 0. The Balaban J connectivity index is 1.34. The molecular weight excluding hydrogens is 485 g/mol. The van der Waals surface area contributed by atoms with Gasteiger partial charge in [-0.05, 0) is 44.4 Å². The number of nitrogens with zero attached hydrogens (tertiary/aromatic N) is 4. The number of fused-ring (bicyclic) bond motifs is 2. The van der Waals surface area contributed by atoms with Gasteiger partial charge in [0.05, 0.1) is 29.9 Å². The Morgan fingerprint density at radius 2 is 1.92 bits per heavy atom. The van der Waals surface area contributed by atoms with Crippen molar-refractivity contribution < 1.29 is 31.5 Å². The van der Waals surface area contributed by atoms with Crippen molar-refractivity contribution >= 4 is 11.9 Å². The van der Waals surface area contributed by atoms with Crippen molar-refractivity contribution in [3.05, 3.63) is 24.0 Å². The summed E-state index contributed by atoms with van der Waals surface area (Å²) < 4.78 is 69.6. The van der Waals surface area contributed by atoms with Crippen LogP contribution in [-0.2, 0) is 4.79 Å². The molecule has 2 aliphatic carbocycles. The van der Waals surface area contributed by atoms with Crippen molar-refractivity contribution in [2.75, 3.05) is 13.1 Å². The molecule has 7 unspecified atom stereocenters. The molecule has 4 heterocycles. The van der Waals surface area contributed by atoms with Crippen LogP contribution in [0.5, 0.6) is 0 Å². The van der Waals surface area contributed by atoms with Crippen LogP contribution >= 0.6 is 0 Å². The lowest BCUT2D eigenvalue weighted by atomic mass is 9.64. The Hall–Kier alpha value is -2.53. The van der Waals surface area contributed by atoms with Crippen LogP contribution in [0, 0.1) is 17.7 Å². The maximum absolute atomic E-state index is 15.1. The van der Waals surface area contributed by atoms with E-state index in [9.17, 15) is 27.2 Å². The van der Waals surface area contributed by atoms with Gasteiger partial charge in [-0.1, -0.05) is 6.92 Å². The predicted molar refractivity (Wildman–Crippen MR) is 118 cm³/mol. The number of carbonyl (C=O) groups excluding carboxylic acids is 2. The molecule has 2 saturated carbocycles. The van der Waals surface area contributed by atoms with Crippen LogP contribution in [0.25, 0.3) is 0 Å². The van der Waals surface area contributed by atoms with E-state index in [0.29, 0.717) is 31.8 Å². The van der Waals surface area contributed by atoms with Gasteiger partial charge >= 0.3 is 12.2 Å². The lowest BCUT2D eigenvalue weighted by Crippen LogP contribution is -2.76. The summed E-state index contributed by atoms with van der Waals surface area (Å²) in [4.78, 5) is 36.6. The molecule has 12 heteroatoms. The molecule has 0 radical (unpaired) electrons. The third-order valence-electron chi connectivity index (χ3n) is 8.38. The number of halogens is 5. The van der Waals surface area contributed by atoms with E-state index in [1.807, 2.05) is 0 Å². The second-order valence-corrected chi connectivity index (χ2v) is 11.0. The van der Waals surface area contributed by atoms with E-state index in [0.717, 1.165) is 31.7 Å². The van der Waals surface area contributed by atoms with Gasteiger partial charge in [-0.2, -0.15) is 13.2 Å². The lowest BCUT2D eigenvalue weighted by Gasteiger charge is -2.64. The zero-order chi connectivity index (χ0) is 25.8. The molecule has 1 aromatic rings. The standard InChI is InChI=1S/C24H30F5N5O2/c1-13-5-15-9-23(8-13,12-33-4-2-3-20(33)35)34(15)22(36)32-19-6-16(21-30-10-14(25)11-31-21)17(7-18(19)26)24(27,28)29/h10-11,13,15-19H,2-9,12H2,1H3,(H,32,36). The Kier molecular flexibility index (Phi) is 6.35. The average molecular weight is 516 g/mol. The number of likely N-dealkylation sites (tertiary alicyclic amines) is 1. The van der Waals surface area contributed by atoms with E-state index in [1.54, 1.807) is 9.80 Å². The molecule has 5 aliphatic rings. The topological polar surface area (TPSA) is 78.4 Å². The van der Waals surface area contributed by atoms with E-state index in [2.05, 4.69) is 22.2 Å². The van der Waals surface area contributed by atoms with E-state index in [4.69, 9.17) is 0 Å². The van der Waals surface area contributed by atoms with Crippen molar-refractivity contribution in [2.45, 2.75) is 87.8 Å². The first-order chi connectivity index (χ1) is 17.0. The monoisotopic (exact) mass is 515 g/mol. The Morgan fingerprint density at radius 1 is 1.19 bits per heavy atom. The zero-order valence-corrected chi connectivity index (χ0v) is 20.0. The highest BCUT2D eigenvalue weighted by molar-refractivity contribution is 5.80. The Labute approximate surface area is 205 Å². The highest BCUT2D eigenvalue weighted by Gasteiger charge is 2.60. The van der Waals surface area contributed by atoms with Crippen molar-refractivity contribution in [3.8, 4) is 0 Å². The van der Waals surface area contributed by atoms with Crippen LogP contribution in [0.3, 0.4) is 0 Å². The van der Waals surface area contributed by atoms with Crippen molar-refractivity contribution in [2.24, 2.45) is 11.8 Å². The number of hydrogen-bond donors (Lipinski definition) is 1. The van der Waals surface area contributed by atoms with E-state index in [-0.39, 0.29) is 24.2 Å². The molecule has 5 fully saturated rings. The number of carbonyl (C=O) groups is 2. The van der Waals surface area contributed by atoms with Gasteiger partial charge < -0.3 is 15.1 Å². The molecular formula is C24H30F5N5O2. The summed E-state index contributed by atoms with van der Waals surface area (Å²) in [6.07, 6.45) is -2.70. The van der Waals surface area contributed by atoms with Crippen molar-refractivity contribution in [3.63, 3.8) is 0 Å². The number of piperidine rings is 1. The Morgan fingerprint density at radius 3 is 2.56 bits per heavy atom. The Bertz CT molecular complexity index is 1010. The number of alkyl halides is 4. The third kappa shape index (κ3) is 4.51. The molecule has 1 aromatic heterocycles. The van der Waals surface area contributed by atoms with Crippen LogP contribution < -0.4 is 5.32 Å². The SMILES string of the molecule is CC1CC2CC(CN3CCCC3=O)(C1)N2C(=O)NC1CC(c2ncc(F)cn2)C(C(F)(F)F)CC1F. The van der Waals surface area contributed by atoms with Crippen molar-refractivity contribution in [1.82, 2.24) is 25.1 Å². The smallest absolute Gasteiger partial charge is 0.340 e. The first kappa shape index (κ1) is 25.1. The largest absolute Gasteiger partial charge is 0.392 e. The number of rotatable bonds is 4. The van der Waals surface area contributed by atoms with Gasteiger partial charge in [0, 0.05) is 31.5 Å². The molecule has 2 bridgehead atoms. The number of aromatic nitrogens is 2. The molecule has 7 nitrogen and oxygen atoms in total. The molecule has 198 valence electrons. The molecule has 0 aromatic carbocycles. The third-order valence-corrected chi connectivity index (χ3v) is 8.38. The van der Waals surface area contributed by atoms with Gasteiger partial charge in [0.15, 0.2) is 5.82 Å². The number of hydrogen-bond acceptors (Lipinski definition) is 4. The van der Waals surface area contributed by atoms with Gasteiger partial charge in [0.25, 0.3) is 0 Å². The average Bonchev–Trinajstić information content (AvgIpc) is 3.18. The minimum atomic E-state index is -4.70. The van der Waals surface area contributed by atoms with E-state index in [1.165, 1.54) is 0 Å². The molecule has 3 amide bonds. The number of nitrogens with one attached hydrogen (secondary N) is 1. The van der Waals surface area contributed by atoms with Gasteiger partial charge in [-0.15, -0.1) is 0 Å². The first-order valence-electron chi connectivity index (χ1n) is 12.5. The van der Waals surface area contributed by atoms with Gasteiger partial charge in [0.2, 0.25) is 5.91 Å². The molecule has 36 heavy (non-hydrogen) atoms. The molecule has 3 saturated heterocycles. The summed E-state index contributed by atoms with van der Waals surface area (Å²) in [7, 11) is 0. The van der Waals surface area contributed by atoms with Gasteiger partial charge in [-0.25, -0.2) is 23.5 Å². The second kappa shape index (κ2) is 9.09. The molecule has 0 spiro atoms. The quantitative estimate of drug-likeness (QED) is 0.616. The minimum Gasteiger partial charge on any atom is -0.340 e. The summed E-state index contributed by atoms with van der Waals surface area (Å²) in [5.41, 5.74) is -0.541. The van der Waals surface area contributed by atoms with E-state index >= 15 is 4.39 Å². The van der Waals surface area contributed by atoms with Gasteiger partial charge in [-0.3, -0.25) is 4.79 Å². The normalized spacial score (nSPS) is 36.6. The van der Waals surface area contributed by atoms with Crippen LogP contribution in [0.1, 0.15) is 63.6 Å². The second-order valence-electron chi connectivity index (χ2n) is 11.0. The molecule has 1 N–H and O–H groups in total. The zero-order valence-electron chi connectivity index (χ0n) is 20.0. The van der Waals surface area contributed by atoms with Gasteiger partial charge in [0.1, 0.15) is 12.0 Å². The lowest BCUT2D eigenvalue weighted by molar-refractivity contribution is -0.194. The fourth-order valence-electron chi connectivity index (χ4n) is 6.98. The highest BCUT2D eigenvalue weighted by atomic mass is 19.4.